The molecule has 19 heavy (non-hydrogen) atoms. The summed E-state index contributed by atoms with van der Waals surface area (Å²) in [4.78, 5) is 0.383. The van der Waals surface area contributed by atoms with Gasteiger partial charge >= 0.3 is 6.18 Å². The third-order valence-corrected chi connectivity index (χ3v) is 3.05. The van der Waals surface area contributed by atoms with Crippen LogP contribution in [0.2, 0.25) is 0 Å². The standard InChI is InChI=1S/C14H8F4S/c15-12-7-3-10(4-8-12)13(19)9-1-5-11(6-2-9)14(16,17)18/h1-8H. The number of alkyl halides is 3. The monoisotopic (exact) mass is 284 g/mol. The van der Waals surface area contributed by atoms with Crippen LogP contribution in [0, 0.1) is 5.82 Å². The van der Waals surface area contributed by atoms with Crippen LogP contribution in [-0.4, -0.2) is 4.86 Å². The molecule has 0 aliphatic rings. The smallest absolute Gasteiger partial charge is 0.207 e. The Morgan fingerprint density at radius 2 is 1.21 bits per heavy atom. The molecule has 0 aliphatic carbocycles. The lowest BCUT2D eigenvalue weighted by Gasteiger charge is -2.08. The zero-order valence-electron chi connectivity index (χ0n) is 9.54. The normalized spacial score (nSPS) is 11.4. The number of benzene rings is 2. The highest BCUT2D eigenvalue weighted by Crippen LogP contribution is 2.29. The Hall–Kier alpha value is -1.75. The van der Waals surface area contributed by atoms with Crippen molar-refractivity contribution in [2.75, 3.05) is 0 Å². The molecule has 0 bridgehead atoms. The van der Waals surface area contributed by atoms with Crippen LogP contribution in [0.1, 0.15) is 16.7 Å². The summed E-state index contributed by atoms with van der Waals surface area (Å²) in [5.41, 5.74) is 0.365. The second-order valence-electron chi connectivity index (χ2n) is 3.91. The van der Waals surface area contributed by atoms with Gasteiger partial charge in [0.25, 0.3) is 0 Å². The molecule has 0 spiro atoms. The molecule has 0 saturated carbocycles. The van der Waals surface area contributed by atoms with Crippen LogP contribution in [0.25, 0.3) is 0 Å². The Labute approximate surface area is 112 Å². The van der Waals surface area contributed by atoms with E-state index in [1.54, 1.807) is 0 Å². The van der Waals surface area contributed by atoms with Crippen LogP contribution in [0.15, 0.2) is 48.5 Å². The first kappa shape index (κ1) is 13.7. The van der Waals surface area contributed by atoms with Gasteiger partial charge in [-0.2, -0.15) is 13.2 Å². The zero-order chi connectivity index (χ0) is 14.0. The Balaban J connectivity index is 2.27. The van der Waals surface area contributed by atoms with Crippen LogP contribution in [-0.2, 0) is 6.18 Å². The van der Waals surface area contributed by atoms with Gasteiger partial charge in [-0.25, -0.2) is 4.39 Å². The summed E-state index contributed by atoms with van der Waals surface area (Å²) in [7, 11) is 0. The van der Waals surface area contributed by atoms with Crippen molar-refractivity contribution in [3.8, 4) is 0 Å². The molecule has 0 radical (unpaired) electrons. The lowest BCUT2D eigenvalue weighted by molar-refractivity contribution is -0.137. The molecule has 0 aliphatic heterocycles. The van der Waals surface area contributed by atoms with Gasteiger partial charge in [-0.15, -0.1) is 0 Å². The number of thiocarbonyl (C=S) groups is 1. The quantitative estimate of drug-likeness (QED) is 0.441. The topological polar surface area (TPSA) is 0 Å². The van der Waals surface area contributed by atoms with Gasteiger partial charge in [-0.05, 0) is 35.4 Å². The van der Waals surface area contributed by atoms with Gasteiger partial charge in [0.2, 0.25) is 0 Å². The predicted octanol–water partition coefficient (Wildman–Crippen LogP) is 4.61. The summed E-state index contributed by atoms with van der Waals surface area (Å²) in [6, 6.07) is 10.1. The highest BCUT2D eigenvalue weighted by Gasteiger charge is 2.30. The van der Waals surface area contributed by atoms with Gasteiger partial charge in [-0.3, -0.25) is 0 Å². The van der Waals surface area contributed by atoms with E-state index in [0.717, 1.165) is 12.1 Å². The van der Waals surface area contributed by atoms with E-state index in [0.29, 0.717) is 16.0 Å². The van der Waals surface area contributed by atoms with Crippen LogP contribution in [0.4, 0.5) is 17.6 Å². The predicted molar refractivity (Wildman–Crippen MR) is 68.6 cm³/mol. The van der Waals surface area contributed by atoms with E-state index in [2.05, 4.69) is 0 Å². The first-order valence-electron chi connectivity index (χ1n) is 5.35. The summed E-state index contributed by atoms with van der Waals surface area (Å²) in [5, 5.41) is 0. The molecule has 2 rings (SSSR count). The average Bonchev–Trinajstić information content (AvgIpc) is 2.38. The summed E-state index contributed by atoms with van der Waals surface area (Å²) in [5.74, 6) is -0.390. The summed E-state index contributed by atoms with van der Waals surface area (Å²) >= 11 is 5.16. The lowest BCUT2D eigenvalue weighted by atomic mass is 10.0. The maximum Gasteiger partial charge on any atom is 0.416 e. The Morgan fingerprint density at radius 1 is 0.789 bits per heavy atom. The molecule has 0 saturated heterocycles. The highest BCUT2D eigenvalue weighted by atomic mass is 32.1. The minimum absolute atomic E-state index is 0.383. The van der Waals surface area contributed by atoms with E-state index < -0.39 is 11.7 Å². The van der Waals surface area contributed by atoms with Gasteiger partial charge in [-0.1, -0.05) is 36.5 Å². The van der Waals surface area contributed by atoms with Crippen molar-refractivity contribution in [1.82, 2.24) is 0 Å². The van der Waals surface area contributed by atoms with E-state index in [9.17, 15) is 17.6 Å². The molecule has 0 atom stereocenters. The van der Waals surface area contributed by atoms with Crippen LogP contribution < -0.4 is 0 Å². The van der Waals surface area contributed by atoms with E-state index in [1.165, 1.54) is 36.4 Å². The molecule has 0 unspecified atom stereocenters. The van der Waals surface area contributed by atoms with E-state index in [4.69, 9.17) is 12.2 Å². The summed E-state index contributed by atoms with van der Waals surface area (Å²) < 4.78 is 50.0. The first-order chi connectivity index (χ1) is 8.88. The molecule has 5 heteroatoms. The van der Waals surface area contributed by atoms with Crippen LogP contribution in [0.5, 0.6) is 0 Å². The first-order valence-corrected chi connectivity index (χ1v) is 5.76. The van der Waals surface area contributed by atoms with Gasteiger partial charge in [0.05, 0.1) is 10.4 Å². The Bertz CT molecular complexity index is 582. The molecule has 98 valence electrons. The van der Waals surface area contributed by atoms with E-state index in [-0.39, 0.29) is 5.82 Å². The summed E-state index contributed by atoms with van der Waals surface area (Å²) in [6.45, 7) is 0. The zero-order valence-corrected chi connectivity index (χ0v) is 10.4. The van der Waals surface area contributed by atoms with Crippen molar-refractivity contribution in [2.24, 2.45) is 0 Å². The third kappa shape index (κ3) is 3.17. The maximum atomic E-state index is 12.8. The Kier molecular flexibility index (Phi) is 3.66. The van der Waals surface area contributed by atoms with Gasteiger partial charge in [0, 0.05) is 0 Å². The number of rotatable bonds is 2. The highest BCUT2D eigenvalue weighted by molar-refractivity contribution is 7.81. The molecule has 0 nitrogen and oxygen atoms in total. The molecule has 0 N–H and O–H groups in total. The van der Waals surface area contributed by atoms with E-state index in [1.807, 2.05) is 0 Å². The van der Waals surface area contributed by atoms with Crippen molar-refractivity contribution in [2.45, 2.75) is 6.18 Å². The molecular weight excluding hydrogens is 276 g/mol. The van der Waals surface area contributed by atoms with Crippen molar-refractivity contribution < 1.29 is 17.6 Å². The fraction of sp³-hybridized carbons (Fsp3) is 0.0714. The maximum absolute atomic E-state index is 12.8. The van der Waals surface area contributed by atoms with Crippen molar-refractivity contribution in [3.63, 3.8) is 0 Å². The van der Waals surface area contributed by atoms with Crippen molar-refractivity contribution >= 4 is 17.1 Å². The number of halogens is 4. The van der Waals surface area contributed by atoms with E-state index >= 15 is 0 Å². The second kappa shape index (κ2) is 5.09. The molecule has 0 fully saturated rings. The minimum atomic E-state index is -4.37. The van der Waals surface area contributed by atoms with Crippen molar-refractivity contribution in [1.29, 1.82) is 0 Å². The molecule has 0 amide bonds. The average molecular weight is 284 g/mol. The molecule has 2 aromatic rings. The number of hydrogen-bond acceptors (Lipinski definition) is 1. The molecule has 2 aromatic carbocycles. The minimum Gasteiger partial charge on any atom is -0.207 e. The molecule has 0 aromatic heterocycles. The SMILES string of the molecule is Fc1ccc(C(=S)c2ccc(C(F)(F)F)cc2)cc1. The summed E-state index contributed by atoms with van der Waals surface area (Å²) in [6.07, 6.45) is -4.37. The van der Waals surface area contributed by atoms with Gasteiger partial charge < -0.3 is 0 Å². The van der Waals surface area contributed by atoms with Crippen LogP contribution >= 0.6 is 12.2 Å². The second-order valence-corrected chi connectivity index (χ2v) is 4.32. The molecular formula is C14H8F4S. The lowest BCUT2D eigenvalue weighted by Crippen LogP contribution is -2.06. The fourth-order valence-corrected chi connectivity index (χ4v) is 1.85. The fourth-order valence-electron chi connectivity index (χ4n) is 1.58. The van der Waals surface area contributed by atoms with Gasteiger partial charge in [0.1, 0.15) is 5.82 Å². The largest absolute Gasteiger partial charge is 0.416 e. The molecule has 0 heterocycles. The third-order valence-electron chi connectivity index (χ3n) is 2.58. The van der Waals surface area contributed by atoms with Crippen molar-refractivity contribution in [3.05, 3.63) is 71.0 Å². The Morgan fingerprint density at radius 3 is 1.63 bits per heavy atom. The van der Waals surface area contributed by atoms with Gasteiger partial charge in [0.15, 0.2) is 0 Å². The van der Waals surface area contributed by atoms with Crippen LogP contribution in [0.3, 0.4) is 0 Å². The number of hydrogen-bond donors (Lipinski definition) is 0.